The monoisotopic (exact) mass is 312 g/mol. The summed E-state index contributed by atoms with van der Waals surface area (Å²) in [6.45, 7) is 9.86. The summed E-state index contributed by atoms with van der Waals surface area (Å²) in [6, 6.07) is 4.00. The van der Waals surface area contributed by atoms with Crippen molar-refractivity contribution in [2.45, 2.75) is 46.7 Å². The first kappa shape index (κ1) is 15.0. The van der Waals surface area contributed by atoms with Crippen LogP contribution in [0.5, 0.6) is 0 Å². The van der Waals surface area contributed by atoms with E-state index in [2.05, 4.69) is 26.6 Å². The van der Waals surface area contributed by atoms with Gasteiger partial charge in [0.2, 0.25) is 5.91 Å². The first-order valence-corrected chi connectivity index (χ1v) is 6.94. The van der Waals surface area contributed by atoms with Gasteiger partial charge >= 0.3 is 0 Å². The van der Waals surface area contributed by atoms with E-state index in [-0.39, 0.29) is 18.0 Å². The van der Waals surface area contributed by atoms with Crippen LogP contribution in [0.4, 0.5) is 5.69 Å². The third kappa shape index (κ3) is 4.02. The van der Waals surface area contributed by atoms with E-state index in [0.717, 1.165) is 21.3 Å². The summed E-state index contributed by atoms with van der Waals surface area (Å²) < 4.78 is 1.06. The van der Waals surface area contributed by atoms with Crippen LogP contribution >= 0.6 is 15.9 Å². The predicted molar refractivity (Wildman–Crippen MR) is 80.0 cm³/mol. The van der Waals surface area contributed by atoms with Crippen molar-refractivity contribution in [2.75, 3.05) is 5.32 Å². The molecule has 1 aromatic carbocycles. The fraction of sp³-hybridized carbons (Fsp3) is 0.500. The number of benzene rings is 1. The first-order valence-electron chi connectivity index (χ1n) is 6.15. The van der Waals surface area contributed by atoms with Gasteiger partial charge in [0.15, 0.2) is 0 Å². The highest BCUT2D eigenvalue weighted by molar-refractivity contribution is 9.10. The van der Waals surface area contributed by atoms with E-state index >= 15 is 0 Å². The van der Waals surface area contributed by atoms with Gasteiger partial charge in [0.1, 0.15) is 6.04 Å². The van der Waals surface area contributed by atoms with Gasteiger partial charge in [0.25, 0.3) is 0 Å². The second-order valence-corrected chi connectivity index (χ2v) is 5.86. The minimum absolute atomic E-state index is 0.0201. The number of carbonyl (C=O) groups excluding carboxylic acids is 1. The van der Waals surface area contributed by atoms with Crippen LogP contribution in [-0.4, -0.2) is 18.0 Å². The fourth-order valence-corrected chi connectivity index (χ4v) is 2.52. The molecule has 1 amide bonds. The molecule has 0 aliphatic carbocycles. The van der Waals surface area contributed by atoms with Gasteiger partial charge in [-0.3, -0.25) is 4.79 Å². The molecular formula is C14H21BrN2O. The molecular weight excluding hydrogens is 292 g/mol. The van der Waals surface area contributed by atoms with Crippen LogP contribution in [0.15, 0.2) is 16.6 Å². The second kappa shape index (κ2) is 6.23. The summed E-state index contributed by atoms with van der Waals surface area (Å²) in [5, 5.41) is 6.18. The lowest BCUT2D eigenvalue weighted by Gasteiger charge is -2.20. The van der Waals surface area contributed by atoms with E-state index < -0.39 is 0 Å². The van der Waals surface area contributed by atoms with Gasteiger partial charge in [0, 0.05) is 16.2 Å². The average molecular weight is 313 g/mol. The lowest BCUT2D eigenvalue weighted by atomic mass is 10.1. The van der Waals surface area contributed by atoms with Crippen molar-refractivity contribution in [2.24, 2.45) is 0 Å². The molecule has 3 nitrogen and oxygen atoms in total. The van der Waals surface area contributed by atoms with Gasteiger partial charge in [0.05, 0.1) is 0 Å². The van der Waals surface area contributed by atoms with E-state index in [9.17, 15) is 4.79 Å². The molecule has 0 aromatic heterocycles. The smallest absolute Gasteiger partial charge is 0.242 e. The topological polar surface area (TPSA) is 41.1 Å². The van der Waals surface area contributed by atoms with Crippen LogP contribution in [0.3, 0.4) is 0 Å². The van der Waals surface area contributed by atoms with Crippen LogP contribution in [-0.2, 0) is 4.79 Å². The maximum Gasteiger partial charge on any atom is 0.242 e. The molecule has 18 heavy (non-hydrogen) atoms. The standard InChI is InChI=1S/C14H21BrN2O/c1-8(2)16-14(18)11(5)17-13-9(3)6-12(15)7-10(13)4/h6-8,11,17H,1-5H3,(H,16,18). The van der Waals surface area contributed by atoms with Crippen molar-refractivity contribution in [1.82, 2.24) is 5.32 Å². The number of anilines is 1. The van der Waals surface area contributed by atoms with Crippen molar-refractivity contribution < 1.29 is 4.79 Å². The fourth-order valence-electron chi connectivity index (χ4n) is 1.83. The number of halogens is 1. The predicted octanol–water partition coefficient (Wildman–Crippen LogP) is 3.39. The van der Waals surface area contributed by atoms with Crippen LogP contribution < -0.4 is 10.6 Å². The van der Waals surface area contributed by atoms with Crippen LogP contribution in [0.2, 0.25) is 0 Å². The third-order valence-corrected chi connectivity index (χ3v) is 3.14. The molecule has 0 aliphatic rings. The highest BCUT2D eigenvalue weighted by atomic mass is 79.9. The zero-order valence-corrected chi connectivity index (χ0v) is 13.2. The average Bonchev–Trinajstić information content (AvgIpc) is 2.21. The normalized spacial score (nSPS) is 12.4. The Bertz CT molecular complexity index is 420. The molecule has 0 aliphatic heterocycles. The van der Waals surface area contributed by atoms with Crippen molar-refractivity contribution in [3.63, 3.8) is 0 Å². The van der Waals surface area contributed by atoms with Gasteiger partial charge in [-0.1, -0.05) is 15.9 Å². The Labute approximate surface area is 117 Å². The number of hydrogen-bond acceptors (Lipinski definition) is 2. The van der Waals surface area contributed by atoms with E-state index in [0.29, 0.717) is 0 Å². The molecule has 1 atom stereocenters. The molecule has 0 saturated carbocycles. The summed E-state index contributed by atoms with van der Waals surface area (Å²) in [6.07, 6.45) is 0. The van der Waals surface area contributed by atoms with Crippen molar-refractivity contribution in [3.05, 3.63) is 27.7 Å². The molecule has 0 radical (unpaired) electrons. The van der Waals surface area contributed by atoms with Gasteiger partial charge in [-0.2, -0.15) is 0 Å². The third-order valence-electron chi connectivity index (χ3n) is 2.68. The summed E-state index contributed by atoms with van der Waals surface area (Å²) in [7, 11) is 0. The Morgan fingerprint density at radius 2 is 1.67 bits per heavy atom. The van der Waals surface area contributed by atoms with Crippen molar-refractivity contribution in [1.29, 1.82) is 0 Å². The minimum atomic E-state index is -0.244. The van der Waals surface area contributed by atoms with Crippen LogP contribution in [0, 0.1) is 13.8 Å². The Balaban J connectivity index is 2.82. The molecule has 0 bridgehead atoms. The second-order valence-electron chi connectivity index (χ2n) is 4.94. The lowest BCUT2D eigenvalue weighted by molar-refractivity contribution is -0.122. The Morgan fingerprint density at radius 1 is 1.17 bits per heavy atom. The molecule has 1 aromatic rings. The van der Waals surface area contributed by atoms with Crippen LogP contribution in [0.25, 0.3) is 0 Å². The number of aryl methyl sites for hydroxylation is 2. The number of carbonyl (C=O) groups is 1. The van der Waals surface area contributed by atoms with Crippen molar-refractivity contribution in [3.8, 4) is 0 Å². The maximum atomic E-state index is 11.9. The van der Waals surface area contributed by atoms with Crippen LogP contribution in [0.1, 0.15) is 31.9 Å². The van der Waals surface area contributed by atoms with E-state index in [4.69, 9.17) is 0 Å². The zero-order valence-electron chi connectivity index (χ0n) is 11.6. The molecule has 1 unspecified atom stereocenters. The van der Waals surface area contributed by atoms with Crippen molar-refractivity contribution >= 4 is 27.5 Å². The number of amides is 1. The molecule has 4 heteroatoms. The Hall–Kier alpha value is -1.03. The Kier molecular flexibility index (Phi) is 5.20. The van der Waals surface area contributed by atoms with E-state index in [1.165, 1.54) is 0 Å². The summed E-state index contributed by atoms with van der Waals surface area (Å²) in [4.78, 5) is 11.9. The largest absolute Gasteiger partial charge is 0.373 e. The Morgan fingerprint density at radius 3 is 2.11 bits per heavy atom. The maximum absolute atomic E-state index is 11.9. The SMILES string of the molecule is Cc1cc(Br)cc(C)c1NC(C)C(=O)NC(C)C. The minimum Gasteiger partial charge on any atom is -0.373 e. The number of hydrogen-bond donors (Lipinski definition) is 2. The van der Waals surface area contributed by atoms with Gasteiger partial charge in [-0.15, -0.1) is 0 Å². The number of rotatable bonds is 4. The lowest BCUT2D eigenvalue weighted by Crippen LogP contribution is -2.41. The quantitative estimate of drug-likeness (QED) is 0.894. The molecule has 2 N–H and O–H groups in total. The zero-order chi connectivity index (χ0) is 13.9. The highest BCUT2D eigenvalue weighted by Gasteiger charge is 2.15. The van der Waals surface area contributed by atoms with E-state index in [1.54, 1.807) is 0 Å². The first-order chi connectivity index (χ1) is 8.31. The summed E-state index contributed by atoms with van der Waals surface area (Å²) in [5.41, 5.74) is 3.29. The molecule has 0 spiro atoms. The van der Waals surface area contributed by atoms with Gasteiger partial charge < -0.3 is 10.6 Å². The molecule has 0 heterocycles. The molecule has 0 fully saturated rings. The number of nitrogens with one attached hydrogen (secondary N) is 2. The molecule has 100 valence electrons. The molecule has 0 saturated heterocycles. The van der Waals surface area contributed by atoms with Gasteiger partial charge in [-0.05, 0) is 57.9 Å². The van der Waals surface area contributed by atoms with Gasteiger partial charge in [-0.25, -0.2) is 0 Å². The highest BCUT2D eigenvalue weighted by Crippen LogP contribution is 2.25. The molecule has 1 rings (SSSR count). The van der Waals surface area contributed by atoms with E-state index in [1.807, 2.05) is 46.8 Å². The summed E-state index contributed by atoms with van der Waals surface area (Å²) in [5.74, 6) is 0.0201. The summed E-state index contributed by atoms with van der Waals surface area (Å²) >= 11 is 3.47.